The summed E-state index contributed by atoms with van der Waals surface area (Å²) in [6.07, 6.45) is 1.72. The van der Waals surface area contributed by atoms with Gasteiger partial charge in [0.15, 0.2) is 0 Å². The normalized spacial score (nSPS) is 14.5. The minimum atomic E-state index is 0.139. The Morgan fingerprint density at radius 1 is 1.13 bits per heavy atom. The number of para-hydroxylation sites is 1. The molecular formula is C19H24N2O2. The first kappa shape index (κ1) is 15.8. The van der Waals surface area contributed by atoms with Crippen molar-refractivity contribution in [2.45, 2.75) is 25.9 Å². The Hall–Kier alpha value is -2.04. The zero-order valence-electron chi connectivity index (χ0n) is 14.2. The molecule has 0 aliphatic heterocycles. The third kappa shape index (κ3) is 3.19. The molecule has 4 nitrogen and oxygen atoms in total. The molecule has 2 heterocycles. The van der Waals surface area contributed by atoms with Gasteiger partial charge in [0.25, 0.3) is 0 Å². The number of fused-ring (bicyclic) bond motifs is 1. The van der Waals surface area contributed by atoms with Gasteiger partial charge in [0, 0.05) is 11.9 Å². The Labute approximate surface area is 137 Å². The van der Waals surface area contributed by atoms with E-state index in [1.807, 2.05) is 30.3 Å². The highest BCUT2D eigenvalue weighted by atomic mass is 16.3. The topological polar surface area (TPSA) is 41.6 Å². The summed E-state index contributed by atoms with van der Waals surface area (Å²) in [6.45, 7) is 5.05. The Balaban J connectivity index is 1.75. The van der Waals surface area contributed by atoms with Crippen LogP contribution in [-0.4, -0.2) is 25.5 Å². The summed E-state index contributed by atoms with van der Waals surface area (Å²) in [6, 6.07) is 12.5. The van der Waals surface area contributed by atoms with E-state index >= 15 is 0 Å². The number of rotatable bonds is 6. The van der Waals surface area contributed by atoms with Crippen molar-refractivity contribution in [3.05, 3.63) is 59.7 Å². The van der Waals surface area contributed by atoms with Gasteiger partial charge in [-0.15, -0.1) is 0 Å². The molecule has 0 saturated heterocycles. The minimum absolute atomic E-state index is 0.139. The van der Waals surface area contributed by atoms with Gasteiger partial charge in [-0.1, -0.05) is 18.2 Å². The molecule has 2 unspecified atom stereocenters. The second-order valence-electron chi connectivity index (χ2n) is 6.21. The van der Waals surface area contributed by atoms with E-state index in [0.29, 0.717) is 0 Å². The Bertz CT molecular complexity index is 759. The molecule has 0 amide bonds. The van der Waals surface area contributed by atoms with Crippen LogP contribution in [0.25, 0.3) is 11.0 Å². The zero-order valence-corrected chi connectivity index (χ0v) is 14.2. The SMILES string of the molecule is Cc1c(C(C)NCC(c2ccco2)N(C)C)oc2ccccc12. The van der Waals surface area contributed by atoms with E-state index < -0.39 is 0 Å². The molecule has 0 saturated carbocycles. The maximum Gasteiger partial charge on any atom is 0.134 e. The molecule has 0 radical (unpaired) electrons. The van der Waals surface area contributed by atoms with Crippen LogP contribution in [0.2, 0.25) is 0 Å². The van der Waals surface area contributed by atoms with Crippen LogP contribution in [0.5, 0.6) is 0 Å². The van der Waals surface area contributed by atoms with E-state index in [-0.39, 0.29) is 12.1 Å². The predicted octanol–water partition coefficient (Wildman–Crippen LogP) is 4.29. The summed E-state index contributed by atoms with van der Waals surface area (Å²) in [4.78, 5) is 2.16. The lowest BCUT2D eigenvalue weighted by molar-refractivity contribution is 0.242. The van der Waals surface area contributed by atoms with Crippen LogP contribution in [0.1, 0.15) is 36.1 Å². The molecule has 2 atom stereocenters. The summed E-state index contributed by atoms with van der Waals surface area (Å²) < 4.78 is 11.6. The van der Waals surface area contributed by atoms with Gasteiger partial charge in [-0.3, -0.25) is 4.90 Å². The van der Waals surface area contributed by atoms with Crippen LogP contribution in [0.15, 0.2) is 51.5 Å². The largest absolute Gasteiger partial charge is 0.468 e. The first-order valence-corrected chi connectivity index (χ1v) is 7.99. The molecule has 3 aromatic rings. The van der Waals surface area contributed by atoms with Crippen LogP contribution in [0.4, 0.5) is 0 Å². The number of nitrogens with zero attached hydrogens (tertiary/aromatic N) is 1. The van der Waals surface area contributed by atoms with Crippen LogP contribution in [0, 0.1) is 6.92 Å². The molecule has 1 aromatic carbocycles. The van der Waals surface area contributed by atoms with Gasteiger partial charge in [-0.25, -0.2) is 0 Å². The van der Waals surface area contributed by atoms with Gasteiger partial charge in [-0.2, -0.15) is 0 Å². The van der Waals surface area contributed by atoms with Crippen molar-refractivity contribution in [1.82, 2.24) is 10.2 Å². The Morgan fingerprint density at radius 2 is 1.91 bits per heavy atom. The number of hydrogen-bond acceptors (Lipinski definition) is 4. The molecule has 0 aliphatic rings. The molecule has 4 heteroatoms. The quantitative estimate of drug-likeness (QED) is 0.737. The van der Waals surface area contributed by atoms with E-state index in [0.717, 1.165) is 23.6 Å². The van der Waals surface area contributed by atoms with E-state index in [9.17, 15) is 0 Å². The fourth-order valence-electron chi connectivity index (χ4n) is 3.01. The monoisotopic (exact) mass is 312 g/mol. The average Bonchev–Trinajstić information content (AvgIpc) is 3.16. The summed E-state index contributed by atoms with van der Waals surface area (Å²) >= 11 is 0. The van der Waals surface area contributed by atoms with Gasteiger partial charge in [0.2, 0.25) is 0 Å². The first-order valence-electron chi connectivity index (χ1n) is 7.99. The Morgan fingerprint density at radius 3 is 2.57 bits per heavy atom. The molecule has 0 bridgehead atoms. The molecular weight excluding hydrogens is 288 g/mol. The number of hydrogen-bond donors (Lipinski definition) is 1. The van der Waals surface area contributed by atoms with Gasteiger partial charge < -0.3 is 14.2 Å². The van der Waals surface area contributed by atoms with Crippen LogP contribution in [-0.2, 0) is 0 Å². The van der Waals surface area contributed by atoms with Gasteiger partial charge in [0.05, 0.1) is 18.3 Å². The van der Waals surface area contributed by atoms with Crippen molar-refractivity contribution in [2.75, 3.05) is 20.6 Å². The molecule has 2 aromatic heterocycles. The number of aryl methyl sites for hydroxylation is 1. The lowest BCUT2D eigenvalue weighted by Crippen LogP contribution is -2.32. The first-order chi connectivity index (χ1) is 11.1. The third-order valence-electron chi connectivity index (χ3n) is 4.39. The minimum Gasteiger partial charge on any atom is -0.468 e. The maximum absolute atomic E-state index is 6.04. The van der Waals surface area contributed by atoms with E-state index in [1.54, 1.807) is 6.26 Å². The van der Waals surface area contributed by atoms with Gasteiger partial charge >= 0.3 is 0 Å². The van der Waals surface area contributed by atoms with Crippen LogP contribution < -0.4 is 5.32 Å². The Kier molecular flexibility index (Phi) is 4.55. The van der Waals surface area contributed by atoms with Crippen molar-refractivity contribution >= 4 is 11.0 Å². The highest BCUT2D eigenvalue weighted by Gasteiger charge is 2.20. The summed E-state index contributed by atoms with van der Waals surface area (Å²) in [5.74, 6) is 1.97. The predicted molar refractivity (Wildman–Crippen MR) is 92.5 cm³/mol. The number of nitrogens with one attached hydrogen (secondary N) is 1. The highest BCUT2D eigenvalue weighted by Crippen LogP contribution is 2.29. The number of furan rings is 2. The van der Waals surface area contributed by atoms with Gasteiger partial charge in [-0.05, 0) is 51.7 Å². The smallest absolute Gasteiger partial charge is 0.134 e. The zero-order chi connectivity index (χ0) is 16.4. The maximum atomic E-state index is 6.04. The summed E-state index contributed by atoms with van der Waals surface area (Å²) in [5, 5.41) is 4.76. The van der Waals surface area contributed by atoms with Crippen LogP contribution >= 0.6 is 0 Å². The van der Waals surface area contributed by atoms with Crippen LogP contribution in [0.3, 0.4) is 0 Å². The molecule has 23 heavy (non-hydrogen) atoms. The van der Waals surface area contributed by atoms with E-state index in [4.69, 9.17) is 8.83 Å². The lowest BCUT2D eigenvalue weighted by atomic mass is 10.1. The second-order valence-corrected chi connectivity index (χ2v) is 6.21. The molecule has 1 N–H and O–H groups in total. The van der Waals surface area contributed by atoms with E-state index in [2.05, 4.69) is 44.2 Å². The molecule has 122 valence electrons. The number of likely N-dealkylation sites (N-methyl/N-ethyl adjacent to an activating group) is 1. The van der Waals surface area contributed by atoms with Crippen molar-refractivity contribution in [1.29, 1.82) is 0 Å². The number of benzene rings is 1. The molecule has 0 spiro atoms. The average molecular weight is 312 g/mol. The van der Waals surface area contributed by atoms with Crippen molar-refractivity contribution < 1.29 is 8.83 Å². The van der Waals surface area contributed by atoms with Crippen molar-refractivity contribution in [2.24, 2.45) is 0 Å². The molecule has 0 fully saturated rings. The second kappa shape index (κ2) is 6.60. The summed E-state index contributed by atoms with van der Waals surface area (Å²) in [5.41, 5.74) is 2.16. The highest BCUT2D eigenvalue weighted by molar-refractivity contribution is 5.82. The fraction of sp³-hybridized carbons (Fsp3) is 0.368. The lowest BCUT2D eigenvalue weighted by Gasteiger charge is -2.24. The van der Waals surface area contributed by atoms with E-state index in [1.165, 1.54) is 10.9 Å². The summed E-state index contributed by atoms with van der Waals surface area (Å²) in [7, 11) is 4.12. The standard InChI is InChI=1S/C19H24N2O2/c1-13-15-8-5-6-9-17(15)23-19(13)14(2)20-12-16(21(3)4)18-10-7-11-22-18/h5-11,14,16,20H,12H2,1-4H3. The molecule has 0 aliphatic carbocycles. The van der Waals surface area contributed by atoms with Crippen molar-refractivity contribution in [3.8, 4) is 0 Å². The fourth-order valence-corrected chi connectivity index (χ4v) is 3.01. The third-order valence-corrected chi connectivity index (χ3v) is 4.39. The van der Waals surface area contributed by atoms with Gasteiger partial charge in [0.1, 0.15) is 17.1 Å². The van der Waals surface area contributed by atoms with Crippen molar-refractivity contribution in [3.63, 3.8) is 0 Å². The molecule has 3 rings (SSSR count).